The monoisotopic (exact) mass is 328 g/mol. The summed E-state index contributed by atoms with van der Waals surface area (Å²) in [5.41, 5.74) is 8.05. The summed E-state index contributed by atoms with van der Waals surface area (Å²) in [6, 6.07) is 11.5. The summed E-state index contributed by atoms with van der Waals surface area (Å²) in [7, 11) is 0. The largest absolute Gasteiger partial charge is 0.478 e. The van der Waals surface area contributed by atoms with Crippen LogP contribution in [0.3, 0.4) is 0 Å². The Labute approximate surface area is 141 Å². The Morgan fingerprint density at radius 2 is 1.96 bits per heavy atom. The fourth-order valence-electron chi connectivity index (χ4n) is 2.85. The Kier molecular flexibility index (Phi) is 4.69. The third kappa shape index (κ3) is 3.35. The quantitative estimate of drug-likeness (QED) is 0.854. The van der Waals surface area contributed by atoms with Crippen molar-refractivity contribution in [2.45, 2.75) is 32.3 Å². The lowest BCUT2D eigenvalue weighted by molar-refractivity contribution is -0.126. The number of nitrogen functional groups attached to an aromatic ring is 1. The molecule has 1 heterocycles. The van der Waals surface area contributed by atoms with Crippen LogP contribution in [0.15, 0.2) is 42.5 Å². The molecule has 0 spiro atoms. The second-order valence-electron chi connectivity index (χ2n) is 6.01. The van der Waals surface area contributed by atoms with Crippen LogP contribution in [0.2, 0.25) is 0 Å². The van der Waals surface area contributed by atoms with Gasteiger partial charge in [-0.2, -0.15) is 0 Å². The number of carbonyl (C=O) groups excluding carboxylic acids is 1. The van der Waals surface area contributed by atoms with Gasteiger partial charge in [0.2, 0.25) is 0 Å². The van der Waals surface area contributed by atoms with E-state index in [9.17, 15) is 9.18 Å². The van der Waals surface area contributed by atoms with E-state index in [1.807, 2.05) is 0 Å². The molecular formula is C19H21FN2O2. The normalized spacial score (nSPS) is 16.7. The van der Waals surface area contributed by atoms with Crippen LogP contribution in [0.25, 0.3) is 0 Å². The lowest BCUT2D eigenvalue weighted by atomic mass is 10.0. The molecule has 5 heteroatoms. The number of ether oxygens (including phenoxy) is 1. The van der Waals surface area contributed by atoms with Gasteiger partial charge in [0.1, 0.15) is 11.6 Å². The van der Waals surface area contributed by atoms with Crippen LogP contribution in [0, 0.1) is 5.82 Å². The van der Waals surface area contributed by atoms with Gasteiger partial charge in [-0.25, -0.2) is 4.39 Å². The standard InChI is InChI=1S/C19H21FN2O2/c1-2-3-10-22-16-12-15(21)8-9-17(16)24-18(19(22)23)11-13-4-6-14(20)7-5-13/h4-9,12,18H,2-3,10-11,21H2,1H3. The maximum atomic E-state index is 13.1. The first-order chi connectivity index (χ1) is 11.6. The van der Waals surface area contributed by atoms with E-state index in [1.54, 1.807) is 35.2 Å². The third-order valence-electron chi connectivity index (χ3n) is 4.15. The highest BCUT2D eigenvalue weighted by atomic mass is 19.1. The number of amides is 1. The molecule has 0 fully saturated rings. The van der Waals surface area contributed by atoms with Gasteiger partial charge in [-0.15, -0.1) is 0 Å². The van der Waals surface area contributed by atoms with E-state index in [2.05, 4.69) is 6.92 Å². The maximum absolute atomic E-state index is 13.1. The summed E-state index contributed by atoms with van der Waals surface area (Å²) in [6.45, 7) is 2.72. The van der Waals surface area contributed by atoms with Crippen molar-refractivity contribution >= 4 is 17.3 Å². The van der Waals surface area contributed by atoms with Gasteiger partial charge in [-0.05, 0) is 42.3 Å². The summed E-state index contributed by atoms with van der Waals surface area (Å²) in [4.78, 5) is 14.6. The number of hydrogen-bond acceptors (Lipinski definition) is 3. The molecule has 0 bridgehead atoms. The number of halogens is 1. The van der Waals surface area contributed by atoms with E-state index in [0.29, 0.717) is 24.4 Å². The number of anilines is 2. The van der Waals surface area contributed by atoms with Crippen molar-refractivity contribution in [1.82, 2.24) is 0 Å². The van der Waals surface area contributed by atoms with Crippen LogP contribution in [-0.4, -0.2) is 18.6 Å². The van der Waals surface area contributed by atoms with Crippen LogP contribution < -0.4 is 15.4 Å². The van der Waals surface area contributed by atoms with Crippen LogP contribution in [-0.2, 0) is 11.2 Å². The Morgan fingerprint density at radius 3 is 2.67 bits per heavy atom. The molecule has 2 N–H and O–H groups in total. The molecule has 0 saturated carbocycles. The number of unbranched alkanes of at least 4 members (excludes halogenated alkanes) is 1. The molecule has 0 radical (unpaired) electrons. The van der Waals surface area contributed by atoms with Gasteiger partial charge in [0.25, 0.3) is 5.91 Å². The van der Waals surface area contributed by atoms with Gasteiger partial charge in [0, 0.05) is 18.7 Å². The van der Waals surface area contributed by atoms with Gasteiger partial charge >= 0.3 is 0 Å². The average Bonchev–Trinajstić information content (AvgIpc) is 2.57. The van der Waals surface area contributed by atoms with Gasteiger partial charge < -0.3 is 15.4 Å². The van der Waals surface area contributed by atoms with Crippen molar-refractivity contribution in [3.05, 3.63) is 53.8 Å². The summed E-state index contributed by atoms with van der Waals surface area (Å²) in [5.74, 6) is 0.290. The van der Waals surface area contributed by atoms with Gasteiger partial charge in [0.15, 0.2) is 6.10 Å². The first-order valence-electron chi connectivity index (χ1n) is 8.20. The number of nitrogens with two attached hydrogens (primary N) is 1. The van der Waals surface area contributed by atoms with E-state index in [0.717, 1.165) is 24.1 Å². The highest BCUT2D eigenvalue weighted by molar-refractivity contribution is 6.00. The summed E-state index contributed by atoms with van der Waals surface area (Å²) in [5, 5.41) is 0. The predicted molar refractivity (Wildman–Crippen MR) is 92.6 cm³/mol. The minimum atomic E-state index is -0.608. The van der Waals surface area contributed by atoms with Crippen molar-refractivity contribution in [2.24, 2.45) is 0 Å². The van der Waals surface area contributed by atoms with E-state index >= 15 is 0 Å². The van der Waals surface area contributed by atoms with Gasteiger partial charge in [0.05, 0.1) is 5.69 Å². The Balaban J connectivity index is 1.88. The van der Waals surface area contributed by atoms with E-state index in [4.69, 9.17) is 10.5 Å². The molecular weight excluding hydrogens is 307 g/mol. The minimum Gasteiger partial charge on any atom is -0.478 e. The van der Waals surface area contributed by atoms with Crippen LogP contribution in [0.5, 0.6) is 5.75 Å². The van der Waals surface area contributed by atoms with Crippen molar-refractivity contribution in [3.8, 4) is 5.75 Å². The minimum absolute atomic E-state index is 0.0779. The number of hydrogen-bond donors (Lipinski definition) is 1. The molecule has 2 aromatic rings. The zero-order valence-corrected chi connectivity index (χ0v) is 13.7. The lowest BCUT2D eigenvalue weighted by Crippen LogP contribution is -2.47. The first kappa shape index (κ1) is 16.3. The molecule has 3 rings (SSSR count). The van der Waals surface area contributed by atoms with Crippen molar-refractivity contribution in [3.63, 3.8) is 0 Å². The second kappa shape index (κ2) is 6.91. The number of fused-ring (bicyclic) bond motifs is 1. The lowest BCUT2D eigenvalue weighted by Gasteiger charge is -2.34. The van der Waals surface area contributed by atoms with Gasteiger partial charge in [-0.3, -0.25) is 4.79 Å². The molecule has 4 nitrogen and oxygen atoms in total. The fourth-order valence-corrected chi connectivity index (χ4v) is 2.85. The SMILES string of the molecule is CCCCN1C(=O)C(Cc2ccc(F)cc2)Oc2ccc(N)cc21. The molecule has 1 unspecified atom stereocenters. The molecule has 24 heavy (non-hydrogen) atoms. The highest BCUT2D eigenvalue weighted by Gasteiger charge is 2.34. The third-order valence-corrected chi connectivity index (χ3v) is 4.15. The van der Waals surface area contributed by atoms with Crippen molar-refractivity contribution < 1.29 is 13.9 Å². The molecule has 1 aliphatic heterocycles. The van der Waals surface area contributed by atoms with Crippen LogP contribution in [0.4, 0.5) is 15.8 Å². The van der Waals surface area contributed by atoms with Crippen LogP contribution >= 0.6 is 0 Å². The zero-order chi connectivity index (χ0) is 17.1. The maximum Gasteiger partial charge on any atom is 0.268 e. The number of nitrogens with zero attached hydrogens (tertiary/aromatic N) is 1. The number of rotatable bonds is 5. The fraction of sp³-hybridized carbons (Fsp3) is 0.316. The molecule has 0 aromatic heterocycles. The molecule has 0 aliphatic carbocycles. The molecule has 126 valence electrons. The molecule has 1 amide bonds. The second-order valence-corrected chi connectivity index (χ2v) is 6.01. The van der Waals surface area contributed by atoms with Gasteiger partial charge in [-0.1, -0.05) is 25.5 Å². The Morgan fingerprint density at radius 1 is 1.21 bits per heavy atom. The highest BCUT2D eigenvalue weighted by Crippen LogP contribution is 2.36. The predicted octanol–water partition coefficient (Wildman–Crippen LogP) is 3.54. The zero-order valence-electron chi connectivity index (χ0n) is 13.7. The molecule has 2 aromatic carbocycles. The van der Waals surface area contributed by atoms with Crippen molar-refractivity contribution in [2.75, 3.05) is 17.2 Å². The number of benzene rings is 2. The Bertz CT molecular complexity index is 731. The molecule has 1 aliphatic rings. The topological polar surface area (TPSA) is 55.6 Å². The van der Waals surface area contributed by atoms with E-state index in [1.165, 1.54) is 12.1 Å². The smallest absolute Gasteiger partial charge is 0.268 e. The summed E-state index contributed by atoms with van der Waals surface area (Å²) in [6.07, 6.45) is 1.70. The van der Waals surface area contributed by atoms with Crippen LogP contribution in [0.1, 0.15) is 25.3 Å². The summed E-state index contributed by atoms with van der Waals surface area (Å²) < 4.78 is 19.0. The number of carbonyl (C=O) groups is 1. The van der Waals surface area contributed by atoms with E-state index < -0.39 is 6.10 Å². The van der Waals surface area contributed by atoms with E-state index in [-0.39, 0.29) is 11.7 Å². The average molecular weight is 328 g/mol. The summed E-state index contributed by atoms with van der Waals surface area (Å²) >= 11 is 0. The first-order valence-corrected chi connectivity index (χ1v) is 8.20. The molecule has 0 saturated heterocycles. The molecule has 1 atom stereocenters. The van der Waals surface area contributed by atoms with Crippen molar-refractivity contribution in [1.29, 1.82) is 0 Å². The Hall–Kier alpha value is -2.56.